The van der Waals surface area contributed by atoms with Gasteiger partial charge >= 0.3 is 0 Å². The lowest BCUT2D eigenvalue weighted by atomic mass is 9.90. The van der Waals surface area contributed by atoms with Gasteiger partial charge in [0, 0.05) is 17.4 Å². The van der Waals surface area contributed by atoms with E-state index >= 15 is 0 Å². The van der Waals surface area contributed by atoms with E-state index in [1.807, 2.05) is 18.7 Å². The molecule has 0 spiro atoms. The zero-order valence-electron chi connectivity index (χ0n) is 9.66. The van der Waals surface area contributed by atoms with Crippen molar-refractivity contribution in [3.8, 4) is 0 Å². The monoisotopic (exact) mass is 240 g/mol. The molecule has 1 aliphatic rings. The number of aliphatic hydroxyl groups is 1. The first-order valence-corrected chi connectivity index (χ1v) is 6.62. The summed E-state index contributed by atoms with van der Waals surface area (Å²) in [5.74, 6) is 0.577. The first-order valence-electron chi connectivity index (χ1n) is 5.57. The van der Waals surface area contributed by atoms with Gasteiger partial charge in [0.15, 0.2) is 0 Å². The van der Waals surface area contributed by atoms with Gasteiger partial charge < -0.3 is 5.11 Å². The predicted molar refractivity (Wildman–Crippen MR) is 66.3 cm³/mol. The lowest BCUT2D eigenvalue weighted by Gasteiger charge is -2.22. The van der Waals surface area contributed by atoms with Gasteiger partial charge in [0.1, 0.15) is 5.82 Å². The lowest BCUT2D eigenvalue weighted by Crippen LogP contribution is -2.31. The number of halogens is 1. The fourth-order valence-electron chi connectivity index (χ4n) is 2.29. The Hall–Kier alpha value is -0.540. The van der Waals surface area contributed by atoms with E-state index in [-0.39, 0.29) is 5.82 Å². The molecule has 0 bridgehead atoms. The molecule has 1 aliphatic heterocycles. The van der Waals surface area contributed by atoms with Crippen LogP contribution in [0.4, 0.5) is 4.39 Å². The lowest BCUT2D eigenvalue weighted by molar-refractivity contribution is 0.0641. The van der Waals surface area contributed by atoms with Crippen LogP contribution in [0.5, 0.6) is 0 Å². The Balaban J connectivity index is 2.14. The van der Waals surface area contributed by atoms with Crippen LogP contribution in [-0.2, 0) is 6.42 Å². The number of benzene rings is 1. The van der Waals surface area contributed by atoms with E-state index in [4.69, 9.17) is 0 Å². The summed E-state index contributed by atoms with van der Waals surface area (Å²) in [6, 6.07) is 4.79. The van der Waals surface area contributed by atoms with Crippen LogP contribution in [0.3, 0.4) is 0 Å². The van der Waals surface area contributed by atoms with Crippen LogP contribution >= 0.6 is 11.8 Å². The molecule has 2 rings (SSSR count). The third-order valence-corrected chi connectivity index (χ3v) is 4.57. The molecule has 1 N–H and O–H groups in total. The van der Waals surface area contributed by atoms with Gasteiger partial charge in [-0.15, -0.1) is 0 Å². The SMILES string of the molecule is Cc1cc(F)ccc1CC1(O)CSC(C)C1. The van der Waals surface area contributed by atoms with Gasteiger partial charge in [-0.1, -0.05) is 13.0 Å². The molecular formula is C13H17FOS. The molecule has 0 radical (unpaired) electrons. The minimum absolute atomic E-state index is 0.206. The molecule has 2 atom stereocenters. The summed E-state index contributed by atoms with van der Waals surface area (Å²) >= 11 is 1.81. The molecule has 2 unspecified atom stereocenters. The van der Waals surface area contributed by atoms with Crippen molar-refractivity contribution in [2.75, 3.05) is 5.75 Å². The van der Waals surface area contributed by atoms with Gasteiger partial charge in [0.05, 0.1) is 5.60 Å². The molecule has 1 saturated heterocycles. The van der Waals surface area contributed by atoms with Crippen LogP contribution in [0.15, 0.2) is 18.2 Å². The van der Waals surface area contributed by atoms with Crippen LogP contribution < -0.4 is 0 Å². The van der Waals surface area contributed by atoms with Gasteiger partial charge in [0.2, 0.25) is 0 Å². The number of hydrogen-bond donors (Lipinski definition) is 1. The molecule has 16 heavy (non-hydrogen) atoms. The molecular weight excluding hydrogens is 223 g/mol. The molecule has 1 aromatic carbocycles. The highest BCUT2D eigenvalue weighted by atomic mass is 32.2. The van der Waals surface area contributed by atoms with E-state index in [1.54, 1.807) is 6.07 Å². The van der Waals surface area contributed by atoms with Crippen molar-refractivity contribution >= 4 is 11.8 Å². The normalized spacial score (nSPS) is 29.6. The molecule has 88 valence electrons. The van der Waals surface area contributed by atoms with E-state index in [2.05, 4.69) is 6.92 Å². The maximum atomic E-state index is 13.0. The minimum atomic E-state index is -0.604. The van der Waals surface area contributed by atoms with Crippen LogP contribution in [0.2, 0.25) is 0 Å². The summed E-state index contributed by atoms with van der Waals surface area (Å²) in [6.07, 6.45) is 1.46. The Kier molecular flexibility index (Phi) is 3.27. The third-order valence-electron chi connectivity index (χ3n) is 3.13. The van der Waals surface area contributed by atoms with E-state index in [0.29, 0.717) is 11.7 Å². The molecule has 3 heteroatoms. The Morgan fingerprint density at radius 1 is 1.56 bits per heavy atom. The molecule has 0 aliphatic carbocycles. The van der Waals surface area contributed by atoms with E-state index in [1.165, 1.54) is 12.1 Å². The molecule has 0 amide bonds. The smallest absolute Gasteiger partial charge is 0.123 e. The second-order valence-corrected chi connectivity index (χ2v) is 6.22. The maximum Gasteiger partial charge on any atom is 0.123 e. The molecule has 1 aromatic rings. The van der Waals surface area contributed by atoms with Gasteiger partial charge in [-0.2, -0.15) is 11.8 Å². The maximum absolute atomic E-state index is 13.0. The standard InChI is InChI=1S/C13H17FOS/c1-9-5-12(14)4-3-11(9)7-13(15)6-10(2)16-8-13/h3-5,10,15H,6-8H2,1-2H3. The highest BCUT2D eigenvalue weighted by molar-refractivity contribution is 8.00. The Morgan fingerprint density at radius 2 is 2.31 bits per heavy atom. The van der Waals surface area contributed by atoms with Crippen molar-refractivity contribution in [3.05, 3.63) is 35.1 Å². The van der Waals surface area contributed by atoms with Crippen molar-refractivity contribution in [1.82, 2.24) is 0 Å². The van der Waals surface area contributed by atoms with Crippen LogP contribution in [0.25, 0.3) is 0 Å². The number of hydrogen-bond acceptors (Lipinski definition) is 2. The summed E-state index contributed by atoms with van der Waals surface area (Å²) in [6.45, 7) is 4.04. The Labute approximate surface area is 100 Å². The fraction of sp³-hybridized carbons (Fsp3) is 0.538. The van der Waals surface area contributed by atoms with Crippen LogP contribution in [0.1, 0.15) is 24.5 Å². The third kappa shape index (κ3) is 2.58. The summed E-state index contributed by atoms with van der Waals surface area (Å²) in [4.78, 5) is 0. The number of rotatable bonds is 2. The van der Waals surface area contributed by atoms with Crippen molar-refractivity contribution in [1.29, 1.82) is 0 Å². The van der Waals surface area contributed by atoms with Crippen molar-refractivity contribution < 1.29 is 9.50 Å². The predicted octanol–water partition coefficient (Wildman–Crippen LogP) is 2.93. The molecule has 1 nitrogen and oxygen atoms in total. The van der Waals surface area contributed by atoms with Crippen LogP contribution in [0, 0.1) is 12.7 Å². The van der Waals surface area contributed by atoms with E-state index in [9.17, 15) is 9.50 Å². The molecule has 1 heterocycles. The second kappa shape index (κ2) is 4.38. The zero-order chi connectivity index (χ0) is 11.8. The summed E-state index contributed by atoms with van der Waals surface area (Å²) in [5.41, 5.74) is 1.38. The van der Waals surface area contributed by atoms with E-state index in [0.717, 1.165) is 23.3 Å². The molecule has 0 saturated carbocycles. The highest BCUT2D eigenvalue weighted by Crippen LogP contribution is 2.36. The topological polar surface area (TPSA) is 20.2 Å². The molecule has 0 aromatic heterocycles. The number of aryl methyl sites for hydroxylation is 1. The quantitative estimate of drug-likeness (QED) is 0.857. The second-order valence-electron chi connectivity index (χ2n) is 4.80. The highest BCUT2D eigenvalue weighted by Gasteiger charge is 2.36. The van der Waals surface area contributed by atoms with Crippen molar-refractivity contribution in [3.63, 3.8) is 0 Å². The largest absolute Gasteiger partial charge is 0.389 e. The number of thioether (sulfide) groups is 1. The minimum Gasteiger partial charge on any atom is -0.389 e. The summed E-state index contributed by atoms with van der Waals surface area (Å²) in [5, 5.41) is 10.9. The van der Waals surface area contributed by atoms with E-state index < -0.39 is 5.60 Å². The van der Waals surface area contributed by atoms with Gasteiger partial charge in [0.25, 0.3) is 0 Å². The zero-order valence-corrected chi connectivity index (χ0v) is 10.5. The molecule has 1 fully saturated rings. The van der Waals surface area contributed by atoms with Crippen LogP contribution in [-0.4, -0.2) is 21.7 Å². The Morgan fingerprint density at radius 3 is 2.88 bits per heavy atom. The van der Waals surface area contributed by atoms with Crippen molar-refractivity contribution in [2.24, 2.45) is 0 Å². The first-order chi connectivity index (χ1) is 7.48. The summed E-state index contributed by atoms with van der Waals surface area (Å²) in [7, 11) is 0. The Bertz CT molecular complexity index is 394. The first kappa shape index (κ1) is 11.9. The average molecular weight is 240 g/mol. The van der Waals surface area contributed by atoms with Crippen molar-refractivity contribution in [2.45, 2.75) is 37.5 Å². The summed E-state index contributed by atoms with van der Waals surface area (Å²) < 4.78 is 13.0. The fourth-order valence-corrected chi connectivity index (χ4v) is 3.53. The van der Waals surface area contributed by atoms with Gasteiger partial charge in [-0.05, 0) is 36.6 Å². The average Bonchev–Trinajstić information content (AvgIpc) is 2.52. The van der Waals surface area contributed by atoms with Gasteiger partial charge in [-0.25, -0.2) is 4.39 Å². The van der Waals surface area contributed by atoms with Gasteiger partial charge in [-0.3, -0.25) is 0 Å².